The third-order valence-electron chi connectivity index (χ3n) is 4.72. The fourth-order valence-corrected chi connectivity index (χ4v) is 8.86. The lowest BCUT2D eigenvalue weighted by Gasteiger charge is -2.30. The molecule has 0 radical (unpaired) electrons. The first-order valence-corrected chi connectivity index (χ1v) is 14.5. The number of allylic oxidation sites excluding steroid dienone is 2. The first kappa shape index (κ1) is 13.4. The Hall–Kier alpha value is -0.606. The summed E-state index contributed by atoms with van der Waals surface area (Å²) in [5.74, 6) is 1.46. The van der Waals surface area contributed by atoms with E-state index in [1.54, 1.807) is 21.5 Å². The van der Waals surface area contributed by atoms with Gasteiger partial charge in [0.15, 0.2) is 0 Å². The molecule has 0 fully saturated rings. The molecule has 0 amide bonds. The lowest BCUT2D eigenvalue weighted by atomic mass is 9.97. The van der Waals surface area contributed by atoms with Crippen LogP contribution >= 0.6 is 0 Å². The molecule has 2 aliphatic rings. The second-order valence-electron chi connectivity index (χ2n) is 8.36. The average molecular weight is 287 g/mol. The largest absolute Gasteiger partial charge is 0.0804 e. The molecule has 3 rings (SSSR count). The minimum absolute atomic E-state index is 0.728. The van der Waals surface area contributed by atoms with Crippen molar-refractivity contribution in [1.29, 1.82) is 0 Å². The van der Waals surface area contributed by atoms with Crippen molar-refractivity contribution in [1.82, 2.24) is 0 Å². The first-order chi connectivity index (χ1) is 8.68. The fourth-order valence-electron chi connectivity index (χ4n) is 3.68. The van der Waals surface area contributed by atoms with Gasteiger partial charge in [-0.05, 0) is 17.5 Å². The minimum Gasteiger partial charge on any atom is -0.0804 e. The molecule has 0 aromatic heterocycles. The molecule has 2 bridgehead atoms. The Labute approximate surface area is 120 Å². The summed E-state index contributed by atoms with van der Waals surface area (Å²) in [7, 11) is -2.49. The number of fused-ring (bicyclic) bond motifs is 5. The summed E-state index contributed by atoms with van der Waals surface area (Å²) in [6.07, 6.45) is 6.22. The van der Waals surface area contributed by atoms with Gasteiger partial charge in [0, 0.05) is 11.8 Å². The summed E-state index contributed by atoms with van der Waals surface area (Å²) in [6.45, 7) is 15.0. The molecule has 0 N–H and O–H groups in total. The van der Waals surface area contributed by atoms with Crippen molar-refractivity contribution in [2.75, 3.05) is 0 Å². The van der Waals surface area contributed by atoms with Crippen LogP contribution in [0.25, 0.3) is 0 Å². The molecule has 0 unspecified atom stereocenters. The van der Waals surface area contributed by atoms with E-state index in [4.69, 9.17) is 0 Å². The van der Waals surface area contributed by atoms with E-state index in [0.717, 1.165) is 11.8 Å². The summed E-state index contributed by atoms with van der Waals surface area (Å²) in [6, 6.07) is 5.23. The zero-order chi connectivity index (χ0) is 14.0. The molecule has 0 saturated carbocycles. The van der Waals surface area contributed by atoms with Crippen LogP contribution in [0.2, 0.25) is 39.3 Å². The van der Waals surface area contributed by atoms with Crippen LogP contribution in [0.3, 0.4) is 0 Å². The summed E-state index contributed by atoms with van der Waals surface area (Å²) >= 11 is 0. The molecule has 0 saturated heterocycles. The molecule has 1 aromatic rings. The van der Waals surface area contributed by atoms with Gasteiger partial charge in [0.2, 0.25) is 0 Å². The van der Waals surface area contributed by atoms with E-state index in [9.17, 15) is 0 Å². The Bertz CT molecular complexity index is 507. The second kappa shape index (κ2) is 3.95. The summed E-state index contributed by atoms with van der Waals surface area (Å²) in [5, 5.41) is 3.48. The Morgan fingerprint density at radius 1 is 0.737 bits per heavy atom. The Balaban J connectivity index is 2.23. The van der Waals surface area contributed by atoms with Gasteiger partial charge in [-0.3, -0.25) is 0 Å². The molecule has 19 heavy (non-hydrogen) atoms. The SMILES string of the molecule is C[Si](C)(C)c1cc2c(cc1[Si](C)(C)C)[C@H]1C=C[C@@H]2C1. The van der Waals surface area contributed by atoms with E-state index in [1.165, 1.54) is 6.42 Å². The topological polar surface area (TPSA) is 0 Å². The Morgan fingerprint density at radius 3 is 1.42 bits per heavy atom. The normalized spacial score (nSPS) is 24.9. The standard InChI is InChI=1S/C17H26Si2/c1-18(2,3)16-10-14-12-7-8-13(9-12)15(14)11-17(16)19(4,5)6/h7-8,10-13H,9H2,1-6H3/t12-,13+. The molecule has 2 heteroatoms. The maximum Gasteiger partial charge on any atom is 0.0774 e. The maximum atomic E-state index is 2.61. The van der Waals surface area contributed by atoms with E-state index in [0.29, 0.717) is 0 Å². The van der Waals surface area contributed by atoms with Crippen molar-refractivity contribution in [3.05, 3.63) is 35.4 Å². The van der Waals surface area contributed by atoms with Crippen LogP contribution in [0.5, 0.6) is 0 Å². The predicted molar refractivity (Wildman–Crippen MR) is 91.6 cm³/mol. The molecule has 1 aromatic carbocycles. The van der Waals surface area contributed by atoms with Gasteiger partial charge >= 0.3 is 0 Å². The minimum atomic E-state index is -1.25. The third kappa shape index (κ3) is 2.09. The van der Waals surface area contributed by atoms with E-state index in [-0.39, 0.29) is 0 Å². The zero-order valence-electron chi connectivity index (χ0n) is 13.2. The van der Waals surface area contributed by atoms with Gasteiger partial charge in [0.05, 0.1) is 16.1 Å². The van der Waals surface area contributed by atoms with Gasteiger partial charge in [-0.25, -0.2) is 0 Å². The maximum absolute atomic E-state index is 2.61. The monoisotopic (exact) mass is 286 g/mol. The van der Waals surface area contributed by atoms with Crippen LogP contribution < -0.4 is 10.4 Å². The summed E-state index contributed by atoms with van der Waals surface area (Å²) in [5.41, 5.74) is 3.32. The molecule has 2 atom stereocenters. The van der Waals surface area contributed by atoms with Crippen LogP contribution in [-0.4, -0.2) is 16.1 Å². The van der Waals surface area contributed by atoms with Crippen LogP contribution in [0.15, 0.2) is 24.3 Å². The fraction of sp³-hybridized carbons (Fsp3) is 0.529. The summed E-state index contributed by atoms with van der Waals surface area (Å²) < 4.78 is 0. The smallest absolute Gasteiger partial charge is 0.0774 e. The van der Waals surface area contributed by atoms with Gasteiger partial charge in [0.1, 0.15) is 0 Å². The average Bonchev–Trinajstić information content (AvgIpc) is 2.85. The lowest BCUT2D eigenvalue weighted by molar-refractivity contribution is 0.805. The van der Waals surface area contributed by atoms with Gasteiger partial charge in [0.25, 0.3) is 0 Å². The van der Waals surface area contributed by atoms with Gasteiger partial charge in [-0.15, -0.1) is 0 Å². The molecule has 0 heterocycles. The van der Waals surface area contributed by atoms with Crippen molar-refractivity contribution >= 4 is 26.5 Å². The first-order valence-electron chi connectivity index (χ1n) is 7.55. The number of hydrogen-bond donors (Lipinski definition) is 0. The third-order valence-corrected chi connectivity index (χ3v) is 9.03. The van der Waals surface area contributed by atoms with E-state index in [1.807, 2.05) is 0 Å². The van der Waals surface area contributed by atoms with Crippen LogP contribution in [0.1, 0.15) is 29.4 Å². The molecule has 0 spiro atoms. The molecule has 2 aliphatic carbocycles. The highest BCUT2D eigenvalue weighted by molar-refractivity contribution is 6.98. The van der Waals surface area contributed by atoms with E-state index >= 15 is 0 Å². The molecule has 0 aliphatic heterocycles. The quantitative estimate of drug-likeness (QED) is 0.571. The number of benzene rings is 1. The van der Waals surface area contributed by atoms with Crippen LogP contribution in [-0.2, 0) is 0 Å². The Morgan fingerprint density at radius 2 is 1.11 bits per heavy atom. The lowest BCUT2D eigenvalue weighted by Crippen LogP contribution is -2.56. The molecule has 102 valence electrons. The zero-order valence-corrected chi connectivity index (χ0v) is 15.2. The van der Waals surface area contributed by atoms with Crippen molar-refractivity contribution in [2.45, 2.75) is 57.5 Å². The van der Waals surface area contributed by atoms with E-state index in [2.05, 4.69) is 63.6 Å². The summed E-state index contributed by atoms with van der Waals surface area (Å²) in [4.78, 5) is 0. The van der Waals surface area contributed by atoms with Crippen LogP contribution in [0.4, 0.5) is 0 Å². The van der Waals surface area contributed by atoms with E-state index < -0.39 is 16.1 Å². The molecular formula is C17H26Si2. The van der Waals surface area contributed by atoms with Gasteiger partial charge in [-0.1, -0.05) is 73.9 Å². The van der Waals surface area contributed by atoms with Crippen molar-refractivity contribution in [3.8, 4) is 0 Å². The number of hydrogen-bond acceptors (Lipinski definition) is 0. The second-order valence-corrected chi connectivity index (χ2v) is 18.4. The van der Waals surface area contributed by atoms with Crippen molar-refractivity contribution in [3.63, 3.8) is 0 Å². The van der Waals surface area contributed by atoms with Crippen LogP contribution in [0, 0.1) is 0 Å². The van der Waals surface area contributed by atoms with Gasteiger partial charge in [-0.2, -0.15) is 0 Å². The highest BCUT2D eigenvalue weighted by Gasteiger charge is 2.36. The van der Waals surface area contributed by atoms with Crippen molar-refractivity contribution in [2.24, 2.45) is 0 Å². The molecular weight excluding hydrogens is 260 g/mol. The highest BCUT2D eigenvalue weighted by atomic mass is 28.3. The molecule has 0 nitrogen and oxygen atoms in total. The number of rotatable bonds is 2. The highest BCUT2D eigenvalue weighted by Crippen LogP contribution is 2.47. The van der Waals surface area contributed by atoms with Crippen molar-refractivity contribution < 1.29 is 0 Å². The van der Waals surface area contributed by atoms with Gasteiger partial charge < -0.3 is 0 Å². The predicted octanol–water partition coefficient (Wildman–Crippen LogP) is 3.92. The Kier molecular flexibility index (Phi) is 2.78.